The Morgan fingerprint density at radius 2 is 1.69 bits per heavy atom. The summed E-state index contributed by atoms with van der Waals surface area (Å²) in [6, 6.07) is 7.62. The molecule has 8 nitrogen and oxygen atoms in total. The first-order valence-electron chi connectivity index (χ1n) is 12.5. The molecule has 2 aliphatic heterocycles. The highest BCUT2D eigenvalue weighted by Gasteiger charge is 2.43. The molecule has 0 radical (unpaired) electrons. The summed E-state index contributed by atoms with van der Waals surface area (Å²) in [7, 11) is 0. The van der Waals surface area contributed by atoms with Gasteiger partial charge in [-0.05, 0) is 68.7 Å². The maximum Gasteiger partial charge on any atom is 0.416 e. The lowest BCUT2D eigenvalue weighted by Gasteiger charge is -2.38. The van der Waals surface area contributed by atoms with Crippen molar-refractivity contribution in [3.8, 4) is 0 Å². The SMILES string of the molecule is Cc1cc(N2CC3CC[C@@H](C2)C3Nc2nc3n(n2)CCCCN3c2ccc(C(F)(F)F)cc2)ncn1. The van der Waals surface area contributed by atoms with Gasteiger partial charge in [-0.2, -0.15) is 18.2 Å². The first kappa shape index (κ1) is 23.1. The quantitative estimate of drug-likeness (QED) is 0.561. The van der Waals surface area contributed by atoms with Gasteiger partial charge in [-0.1, -0.05) is 0 Å². The van der Waals surface area contributed by atoms with Crippen molar-refractivity contribution in [3.63, 3.8) is 0 Å². The highest BCUT2D eigenvalue weighted by Crippen LogP contribution is 2.40. The number of nitrogens with one attached hydrogen (secondary N) is 1. The number of benzene rings is 1. The second kappa shape index (κ2) is 8.94. The molecule has 1 saturated heterocycles. The van der Waals surface area contributed by atoms with Crippen LogP contribution in [0.15, 0.2) is 36.7 Å². The number of hydrogen-bond acceptors (Lipinski definition) is 7. The van der Waals surface area contributed by atoms with Crippen molar-refractivity contribution >= 4 is 23.4 Å². The summed E-state index contributed by atoms with van der Waals surface area (Å²) in [6.07, 6.45) is 1.42. The monoisotopic (exact) mass is 498 g/mol. The van der Waals surface area contributed by atoms with Crippen LogP contribution in [-0.4, -0.2) is 50.4 Å². The second-order valence-corrected chi connectivity index (χ2v) is 10.1. The number of piperidine rings is 1. The average Bonchev–Trinajstić information content (AvgIpc) is 3.25. The Labute approximate surface area is 207 Å². The van der Waals surface area contributed by atoms with Gasteiger partial charge in [0.1, 0.15) is 12.1 Å². The Hall–Kier alpha value is -3.37. The minimum Gasteiger partial charge on any atom is -0.356 e. The van der Waals surface area contributed by atoms with Crippen molar-refractivity contribution in [3.05, 3.63) is 47.9 Å². The number of halogens is 3. The van der Waals surface area contributed by atoms with E-state index >= 15 is 0 Å². The summed E-state index contributed by atoms with van der Waals surface area (Å²) >= 11 is 0. The Morgan fingerprint density at radius 3 is 2.39 bits per heavy atom. The Morgan fingerprint density at radius 1 is 0.972 bits per heavy atom. The molecule has 3 aromatic rings. The summed E-state index contributed by atoms with van der Waals surface area (Å²) in [6.45, 7) is 5.26. The van der Waals surface area contributed by atoms with Gasteiger partial charge >= 0.3 is 6.18 Å². The van der Waals surface area contributed by atoms with E-state index in [4.69, 9.17) is 10.1 Å². The van der Waals surface area contributed by atoms with E-state index in [1.807, 2.05) is 22.6 Å². The maximum atomic E-state index is 13.0. The Kier molecular flexibility index (Phi) is 5.72. The number of aryl methyl sites for hydroxylation is 2. The number of anilines is 4. The Bertz CT molecular complexity index is 1210. The second-order valence-electron chi connectivity index (χ2n) is 10.1. The minimum atomic E-state index is -4.35. The summed E-state index contributed by atoms with van der Waals surface area (Å²) in [5, 5.41) is 8.39. The van der Waals surface area contributed by atoms with Crippen molar-refractivity contribution < 1.29 is 13.2 Å². The zero-order chi connectivity index (χ0) is 24.9. The van der Waals surface area contributed by atoms with Crippen molar-refractivity contribution in [2.24, 2.45) is 11.8 Å². The average molecular weight is 499 g/mol. The van der Waals surface area contributed by atoms with E-state index in [0.29, 0.717) is 36.0 Å². The van der Waals surface area contributed by atoms with Crippen LogP contribution in [-0.2, 0) is 12.7 Å². The lowest BCUT2D eigenvalue weighted by atomic mass is 9.92. The van der Waals surface area contributed by atoms with Gasteiger partial charge in [0.2, 0.25) is 11.9 Å². The number of alkyl halides is 3. The van der Waals surface area contributed by atoms with Crippen LogP contribution >= 0.6 is 0 Å². The van der Waals surface area contributed by atoms with Gasteiger partial charge in [-0.15, -0.1) is 5.10 Å². The fraction of sp³-hybridized carbons (Fsp3) is 0.520. The largest absolute Gasteiger partial charge is 0.416 e. The van der Waals surface area contributed by atoms with Crippen molar-refractivity contribution in [2.75, 3.05) is 34.8 Å². The molecule has 4 heterocycles. The van der Waals surface area contributed by atoms with Crippen LogP contribution in [0.25, 0.3) is 0 Å². The topological polar surface area (TPSA) is 75.0 Å². The molecule has 1 aliphatic carbocycles. The lowest BCUT2D eigenvalue weighted by Crippen LogP contribution is -2.48. The van der Waals surface area contributed by atoms with Crippen LogP contribution in [0.1, 0.15) is 36.9 Å². The number of rotatable bonds is 4. The molecule has 1 aromatic carbocycles. The highest BCUT2D eigenvalue weighted by molar-refractivity contribution is 5.59. The van der Waals surface area contributed by atoms with Crippen LogP contribution in [0.2, 0.25) is 0 Å². The van der Waals surface area contributed by atoms with Crippen molar-refractivity contribution in [2.45, 2.75) is 51.4 Å². The van der Waals surface area contributed by atoms with Gasteiger partial charge in [0.15, 0.2) is 0 Å². The zero-order valence-corrected chi connectivity index (χ0v) is 20.1. The maximum absolute atomic E-state index is 13.0. The van der Waals surface area contributed by atoms with E-state index in [1.165, 1.54) is 12.1 Å². The third-order valence-corrected chi connectivity index (χ3v) is 7.64. The number of fused-ring (bicyclic) bond motifs is 3. The van der Waals surface area contributed by atoms with Crippen LogP contribution in [0.3, 0.4) is 0 Å². The van der Waals surface area contributed by atoms with E-state index < -0.39 is 11.7 Å². The summed E-state index contributed by atoms with van der Waals surface area (Å²) in [5.74, 6) is 3.19. The van der Waals surface area contributed by atoms with E-state index in [1.54, 1.807) is 6.33 Å². The molecule has 2 bridgehead atoms. The van der Waals surface area contributed by atoms with Crippen LogP contribution < -0.4 is 15.1 Å². The highest BCUT2D eigenvalue weighted by atomic mass is 19.4. The number of hydrogen-bond donors (Lipinski definition) is 1. The minimum absolute atomic E-state index is 0.287. The predicted octanol–water partition coefficient (Wildman–Crippen LogP) is 4.65. The summed E-state index contributed by atoms with van der Waals surface area (Å²) in [4.78, 5) is 17.9. The van der Waals surface area contributed by atoms with Crippen LogP contribution in [0.4, 0.5) is 36.6 Å². The van der Waals surface area contributed by atoms with Gasteiger partial charge < -0.3 is 15.1 Å². The molecule has 190 valence electrons. The third-order valence-electron chi connectivity index (χ3n) is 7.64. The van der Waals surface area contributed by atoms with Gasteiger partial charge in [0.05, 0.1) is 5.56 Å². The molecule has 11 heteroatoms. The van der Waals surface area contributed by atoms with Gasteiger partial charge in [0.25, 0.3) is 0 Å². The fourth-order valence-corrected chi connectivity index (χ4v) is 5.86. The van der Waals surface area contributed by atoms with E-state index in [9.17, 15) is 13.2 Å². The molecule has 2 aromatic heterocycles. The van der Waals surface area contributed by atoms with Crippen molar-refractivity contribution in [1.82, 2.24) is 24.7 Å². The smallest absolute Gasteiger partial charge is 0.356 e. The molecule has 6 rings (SSSR count). The molecule has 3 aliphatic rings. The van der Waals surface area contributed by atoms with Crippen LogP contribution in [0.5, 0.6) is 0 Å². The molecule has 2 unspecified atom stereocenters. The molecule has 1 N–H and O–H groups in total. The molecular formula is C25H29F3N8. The number of nitrogens with zero attached hydrogens (tertiary/aromatic N) is 7. The first-order chi connectivity index (χ1) is 17.3. The third kappa shape index (κ3) is 4.35. The van der Waals surface area contributed by atoms with Gasteiger partial charge in [0, 0.05) is 49.7 Å². The molecule has 36 heavy (non-hydrogen) atoms. The molecule has 1 saturated carbocycles. The molecule has 0 amide bonds. The van der Waals surface area contributed by atoms with Gasteiger partial charge in [-0.25, -0.2) is 14.6 Å². The lowest BCUT2D eigenvalue weighted by molar-refractivity contribution is -0.137. The normalized spacial score (nSPS) is 23.9. The summed E-state index contributed by atoms with van der Waals surface area (Å²) in [5.41, 5.74) is 1.01. The molecule has 0 spiro atoms. The summed E-state index contributed by atoms with van der Waals surface area (Å²) < 4.78 is 41.0. The molecular weight excluding hydrogens is 469 g/mol. The molecule has 2 fully saturated rings. The first-order valence-corrected chi connectivity index (χ1v) is 12.5. The zero-order valence-electron chi connectivity index (χ0n) is 20.1. The molecule has 3 atom stereocenters. The van der Waals surface area contributed by atoms with E-state index in [-0.39, 0.29) is 6.04 Å². The van der Waals surface area contributed by atoms with E-state index in [2.05, 4.69) is 20.2 Å². The van der Waals surface area contributed by atoms with Crippen molar-refractivity contribution in [1.29, 1.82) is 0 Å². The van der Waals surface area contributed by atoms with Gasteiger partial charge in [-0.3, -0.25) is 0 Å². The van der Waals surface area contributed by atoms with E-state index in [0.717, 1.165) is 69.0 Å². The standard InChI is InChI=1S/C25H29F3N8/c1-16-12-21(30-15-29-16)34-13-17-4-5-18(14-34)22(17)31-23-32-24-35(10-2-3-11-36(24)33-23)20-8-6-19(7-9-20)25(26,27)28/h6-9,12,15,17-18,22H,2-5,10-11,13-14H2,1H3,(H,31,33)/t17-,18?,22?/m0/s1. The Balaban J connectivity index is 1.20. The predicted molar refractivity (Wildman–Crippen MR) is 130 cm³/mol. The van der Waals surface area contributed by atoms with Crippen LogP contribution in [0, 0.1) is 18.8 Å². The number of aromatic nitrogens is 5. The fourth-order valence-electron chi connectivity index (χ4n) is 5.86.